The molecule has 4 rings (SSSR count). The summed E-state index contributed by atoms with van der Waals surface area (Å²) in [6, 6.07) is 16.3. The van der Waals surface area contributed by atoms with Gasteiger partial charge in [0.25, 0.3) is 0 Å². The molecule has 0 bridgehead atoms. The lowest BCUT2D eigenvalue weighted by Crippen LogP contribution is -2.76. The Morgan fingerprint density at radius 2 is 1.77 bits per heavy atom. The second-order valence-corrected chi connectivity index (χ2v) is 10.8. The molecular weight excluding hydrogens is 564 g/mol. The molecule has 2 N–H and O–H groups in total. The van der Waals surface area contributed by atoms with Crippen LogP contribution in [-0.2, 0) is 27.3 Å². The summed E-state index contributed by atoms with van der Waals surface area (Å²) in [6.45, 7) is 4.81. The van der Waals surface area contributed by atoms with Crippen LogP contribution in [-0.4, -0.2) is 103 Å². The third-order valence-corrected chi connectivity index (χ3v) is 7.74. The van der Waals surface area contributed by atoms with Crippen molar-refractivity contribution in [3.63, 3.8) is 0 Å². The van der Waals surface area contributed by atoms with Crippen molar-refractivity contribution in [3.8, 4) is 5.75 Å². The van der Waals surface area contributed by atoms with Gasteiger partial charge in [-0.25, -0.2) is 19.6 Å². The molecule has 0 spiro atoms. The number of urea groups is 1. The standard InChI is InChI=1S/C32H42N6O6/c1-4-20-44-32(42)33-18-8-13-27-30(40)36(19-9-12-24-10-6-5-7-11-24)22-28-37(27)29(39)23-35(2)38(28)31(41)34-21-25-14-16-26(43-3)17-15-25/h4-7,10-11,14-17,27-28H,1,8-9,12-13,18-23H2,2-3H3,(H,33,42)(H,34,41)/t27-,28-/m0/s1. The normalized spacial score (nSPS) is 18.5. The highest BCUT2D eigenvalue weighted by molar-refractivity contribution is 5.91. The molecular formula is C32H42N6O6. The average Bonchev–Trinajstić information content (AvgIpc) is 3.03. The van der Waals surface area contributed by atoms with Crippen LogP contribution in [0.5, 0.6) is 5.75 Å². The van der Waals surface area contributed by atoms with Crippen molar-refractivity contribution in [1.29, 1.82) is 0 Å². The number of amides is 5. The number of carbonyl (C=O) groups excluding carboxylic acids is 4. The van der Waals surface area contributed by atoms with E-state index < -0.39 is 18.3 Å². The molecule has 2 aliphatic heterocycles. The van der Waals surface area contributed by atoms with E-state index in [1.165, 1.54) is 11.6 Å². The zero-order valence-electron chi connectivity index (χ0n) is 25.4. The summed E-state index contributed by atoms with van der Waals surface area (Å²) in [5.74, 6) is 0.344. The molecule has 5 amide bonds. The molecule has 2 aromatic rings. The first kappa shape index (κ1) is 32.3. The van der Waals surface area contributed by atoms with Gasteiger partial charge in [0, 0.05) is 26.7 Å². The fourth-order valence-corrected chi connectivity index (χ4v) is 5.58. The van der Waals surface area contributed by atoms with Gasteiger partial charge < -0.3 is 29.9 Å². The van der Waals surface area contributed by atoms with Crippen LogP contribution >= 0.6 is 0 Å². The maximum absolute atomic E-state index is 13.8. The minimum absolute atomic E-state index is 0.0453. The zero-order valence-corrected chi connectivity index (χ0v) is 25.4. The van der Waals surface area contributed by atoms with Crippen molar-refractivity contribution in [2.45, 2.75) is 44.4 Å². The Morgan fingerprint density at radius 1 is 1.02 bits per heavy atom. The van der Waals surface area contributed by atoms with Gasteiger partial charge in [0.2, 0.25) is 11.8 Å². The molecule has 2 aromatic carbocycles. The molecule has 0 saturated carbocycles. The number of hydrogen-bond donors (Lipinski definition) is 2. The summed E-state index contributed by atoms with van der Waals surface area (Å²) in [5.41, 5.74) is 2.07. The van der Waals surface area contributed by atoms with Gasteiger partial charge in [-0.05, 0) is 48.9 Å². The summed E-state index contributed by atoms with van der Waals surface area (Å²) >= 11 is 0. The first-order valence-corrected chi connectivity index (χ1v) is 14.9. The Bertz CT molecular complexity index is 1290. The Kier molecular flexibility index (Phi) is 11.6. The second kappa shape index (κ2) is 15.8. The van der Waals surface area contributed by atoms with Crippen LogP contribution in [0.3, 0.4) is 0 Å². The van der Waals surface area contributed by atoms with E-state index in [2.05, 4.69) is 29.3 Å². The minimum Gasteiger partial charge on any atom is -0.497 e. The van der Waals surface area contributed by atoms with Crippen molar-refractivity contribution >= 4 is 23.9 Å². The molecule has 44 heavy (non-hydrogen) atoms. The highest BCUT2D eigenvalue weighted by atomic mass is 16.5. The quantitative estimate of drug-likeness (QED) is 0.266. The lowest BCUT2D eigenvalue weighted by molar-refractivity contribution is -0.187. The van der Waals surface area contributed by atoms with E-state index in [0.29, 0.717) is 19.4 Å². The number of carbonyl (C=O) groups is 4. The first-order valence-electron chi connectivity index (χ1n) is 14.9. The monoisotopic (exact) mass is 606 g/mol. The van der Waals surface area contributed by atoms with E-state index in [1.54, 1.807) is 34.0 Å². The largest absolute Gasteiger partial charge is 0.497 e. The average molecular weight is 607 g/mol. The number of hydrogen-bond acceptors (Lipinski definition) is 7. The van der Waals surface area contributed by atoms with E-state index >= 15 is 0 Å². The number of methoxy groups -OCH3 is 1. The Hall–Kier alpha value is -4.58. The lowest BCUT2D eigenvalue weighted by atomic mass is 10.0. The minimum atomic E-state index is -0.769. The predicted molar refractivity (Wildman–Crippen MR) is 164 cm³/mol. The number of ether oxygens (including phenoxy) is 2. The SMILES string of the molecule is C=CCOC(=O)NCCC[C@H]1C(=O)N(CCCc2ccccc2)C[C@H]2N1C(=O)CN(C)N2C(=O)NCc1ccc(OC)cc1. The third kappa shape index (κ3) is 8.28. The molecule has 2 aliphatic rings. The third-order valence-electron chi connectivity index (χ3n) is 7.74. The summed E-state index contributed by atoms with van der Waals surface area (Å²) < 4.78 is 10.2. The molecule has 2 atom stereocenters. The van der Waals surface area contributed by atoms with Crippen LogP contribution in [0.15, 0.2) is 67.3 Å². The number of piperazine rings is 1. The number of aryl methyl sites for hydroxylation is 1. The molecule has 12 heteroatoms. The maximum atomic E-state index is 13.8. The van der Waals surface area contributed by atoms with Crippen molar-refractivity contribution < 1.29 is 28.7 Å². The number of nitrogens with one attached hydrogen (secondary N) is 2. The molecule has 0 radical (unpaired) electrons. The predicted octanol–water partition coefficient (Wildman–Crippen LogP) is 2.76. The van der Waals surface area contributed by atoms with Crippen LogP contribution in [0.25, 0.3) is 0 Å². The van der Waals surface area contributed by atoms with Crippen LogP contribution in [0.4, 0.5) is 9.59 Å². The van der Waals surface area contributed by atoms with Gasteiger partial charge in [-0.15, -0.1) is 0 Å². The van der Waals surface area contributed by atoms with Gasteiger partial charge in [0.1, 0.15) is 24.6 Å². The zero-order chi connectivity index (χ0) is 31.5. The smallest absolute Gasteiger partial charge is 0.407 e. The molecule has 0 aromatic heterocycles. The van der Waals surface area contributed by atoms with Crippen LogP contribution < -0.4 is 15.4 Å². The van der Waals surface area contributed by atoms with Gasteiger partial charge >= 0.3 is 12.1 Å². The summed E-state index contributed by atoms with van der Waals surface area (Å²) in [7, 11) is 3.30. The summed E-state index contributed by atoms with van der Waals surface area (Å²) in [6.07, 6.45) is 2.52. The van der Waals surface area contributed by atoms with E-state index in [1.807, 2.05) is 42.5 Å². The molecule has 236 valence electrons. The number of likely N-dealkylation sites (N-methyl/N-ethyl adjacent to an activating group) is 1. The number of fused-ring (bicyclic) bond motifs is 1. The van der Waals surface area contributed by atoms with Crippen LogP contribution in [0, 0.1) is 0 Å². The molecule has 0 aliphatic carbocycles. The number of nitrogens with zero attached hydrogens (tertiary/aromatic N) is 4. The molecule has 2 fully saturated rings. The Morgan fingerprint density at radius 3 is 2.48 bits per heavy atom. The fourth-order valence-electron chi connectivity index (χ4n) is 5.58. The van der Waals surface area contributed by atoms with Crippen molar-refractivity contribution in [1.82, 2.24) is 30.5 Å². The molecule has 0 unspecified atom stereocenters. The van der Waals surface area contributed by atoms with Crippen LogP contribution in [0.2, 0.25) is 0 Å². The van der Waals surface area contributed by atoms with Crippen LogP contribution in [0.1, 0.15) is 30.4 Å². The summed E-state index contributed by atoms with van der Waals surface area (Å²) in [4.78, 5) is 56.0. The Labute approximate surface area is 258 Å². The van der Waals surface area contributed by atoms with E-state index in [-0.39, 0.29) is 50.6 Å². The molecule has 2 saturated heterocycles. The highest BCUT2D eigenvalue weighted by Crippen LogP contribution is 2.28. The second-order valence-electron chi connectivity index (χ2n) is 10.8. The van der Waals surface area contributed by atoms with Gasteiger partial charge in [-0.3, -0.25) is 9.59 Å². The van der Waals surface area contributed by atoms with Gasteiger partial charge in [0.15, 0.2) is 0 Å². The van der Waals surface area contributed by atoms with Crippen molar-refractivity contribution in [2.24, 2.45) is 0 Å². The molecule has 2 heterocycles. The number of alkyl carbamates (subject to hydrolysis) is 1. The van der Waals surface area contributed by atoms with E-state index in [0.717, 1.165) is 24.2 Å². The summed E-state index contributed by atoms with van der Waals surface area (Å²) in [5, 5.41) is 8.78. The Balaban J connectivity index is 1.48. The number of rotatable bonds is 13. The maximum Gasteiger partial charge on any atom is 0.407 e. The van der Waals surface area contributed by atoms with Gasteiger partial charge in [-0.1, -0.05) is 55.1 Å². The van der Waals surface area contributed by atoms with Crippen molar-refractivity contribution in [3.05, 3.63) is 78.4 Å². The van der Waals surface area contributed by atoms with Gasteiger partial charge in [-0.2, -0.15) is 0 Å². The number of hydrazine groups is 1. The van der Waals surface area contributed by atoms with E-state index in [4.69, 9.17) is 9.47 Å². The van der Waals surface area contributed by atoms with Crippen molar-refractivity contribution in [2.75, 3.05) is 46.9 Å². The van der Waals surface area contributed by atoms with Gasteiger partial charge in [0.05, 0.1) is 20.2 Å². The lowest BCUT2D eigenvalue weighted by Gasteiger charge is -2.54. The first-order chi connectivity index (χ1) is 21.3. The molecule has 12 nitrogen and oxygen atoms in total. The number of benzene rings is 2. The van der Waals surface area contributed by atoms with E-state index in [9.17, 15) is 19.2 Å². The fraction of sp³-hybridized carbons (Fsp3) is 0.438. The highest BCUT2D eigenvalue weighted by Gasteiger charge is 2.50. The topological polar surface area (TPSA) is 124 Å².